The van der Waals surface area contributed by atoms with E-state index in [4.69, 9.17) is 15.2 Å². The van der Waals surface area contributed by atoms with Gasteiger partial charge in [-0.3, -0.25) is 0 Å². The molecule has 0 aromatic heterocycles. The largest absolute Gasteiger partial charge is 0.497 e. The van der Waals surface area contributed by atoms with Crippen molar-refractivity contribution in [3.8, 4) is 5.75 Å². The third kappa shape index (κ3) is 2.65. The van der Waals surface area contributed by atoms with Crippen LogP contribution in [0.1, 0.15) is 6.42 Å². The standard InChI is InChI=1S/C12H17N2O2/c1-15-10-4-2-9(3-5-10)14-12-6-7-16-8-11(12)13/h2-5,8,11-12,14H,6-7,13H2,1H3. The Balaban J connectivity index is 1.96. The monoisotopic (exact) mass is 221 g/mol. The molecule has 4 nitrogen and oxygen atoms in total. The average Bonchev–Trinajstić information content (AvgIpc) is 2.33. The van der Waals surface area contributed by atoms with Crippen molar-refractivity contribution in [2.24, 2.45) is 5.73 Å². The third-order valence-corrected chi connectivity index (χ3v) is 2.71. The summed E-state index contributed by atoms with van der Waals surface area (Å²) < 4.78 is 10.3. The molecule has 1 radical (unpaired) electrons. The van der Waals surface area contributed by atoms with Crippen molar-refractivity contribution in [3.05, 3.63) is 30.9 Å². The van der Waals surface area contributed by atoms with Crippen LogP contribution in [0, 0.1) is 6.61 Å². The molecule has 87 valence electrons. The van der Waals surface area contributed by atoms with Crippen LogP contribution in [-0.4, -0.2) is 25.8 Å². The molecule has 2 rings (SSSR count). The second kappa shape index (κ2) is 5.18. The minimum absolute atomic E-state index is 0.0594. The molecule has 2 atom stereocenters. The highest BCUT2D eigenvalue weighted by Crippen LogP contribution is 2.19. The lowest BCUT2D eigenvalue weighted by Gasteiger charge is -2.29. The lowest BCUT2D eigenvalue weighted by molar-refractivity contribution is 0.134. The van der Waals surface area contributed by atoms with E-state index in [1.165, 1.54) is 0 Å². The molecule has 16 heavy (non-hydrogen) atoms. The summed E-state index contributed by atoms with van der Waals surface area (Å²) in [5.41, 5.74) is 6.97. The van der Waals surface area contributed by atoms with Gasteiger partial charge in [0.05, 0.1) is 13.2 Å². The normalized spacial score (nSPS) is 25.1. The minimum Gasteiger partial charge on any atom is -0.497 e. The maximum Gasteiger partial charge on any atom is 0.119 e. The Kier molecular flexibility index (Phi) is 3.64. The Morgan fingerprint density at radius 3 is 2.75 bits per heavy atom. The van der Waals surface area contributed by atoms with E-state index in [9.17, 15) is 0 Å². The highest BCUT2D eigenvalue weighted by molar-refractivity contribution is 5.47. The van der Waals surface area contributed by atoms with Gasteiger partial charge >= 0.3 is 0 Å². The second-order valence-electron chi connectivity index (χ2n) is 3.85. The van der Waals surface area contributed by atoms with E-state index in [1.807, 2.05) is 24.3 Å². The van der Waals surface area contributed by atoms with Crippen LogP contribution in [0.2, 0.25) is 0 Å². The fraction of sp³-hybridized carbons (Fsp3) is 0.417. The number of rotatable bonds is 3. The number of benzene rings is 1. The van der Waals surface area contributed by atoms with Crippen LogP contribution < -0.4 is 15.8 Å². The molecule has 1 saturated heterocycles. The number of hydrogen-bond donors (Lipinski definition) is 2. The summed E-state index contributed by atoms with van der Waals surface area (Å²) in [5.74, 6) is 0.855. The maximum atomic E-state index is 5.92. The highest BCUT2D eigenvalue weighted by Gasteiger charge is 2.22. The number of hydrogen-bond acceptors (Lipinski definition) is 4. The molecular weight excluding hydrogens is 204 g/mol. The van der Waals surface area contributed by atoms with Crippen LogP contribution in [-0.2, 0) is 4.74 Å². The van der Waals surface area contributed by atoms with Gasteiger partial charge in [-0.2, -0.15) is 0 Å². The fourth-order valence-electron chi connectivity index (χ4n) is 1.73. The molecule has 0 saturated carbocycles. The summed E-state index contributed by atoms with van der Waals surface area (Å²) in [6, 6.07) is 8.01. The quantitative estimate of drug-likeness (QED) is 0.809. The molecule has 1 aromatic rings. The molecule has 4 heteroatoms. The van der Waals surface area contributed by atoms with Crippen molar-refractivity contribution in [1.29, 1.82) is 0 Å². The first kappa shape index (κ1) is 11.2. The van der Waals surface area contributed by atoms with Crippen LogP contribution in [0.5, 0.6) is 5.75 Å². The number of methoxy groups -OCH3 is 1. The second-order valence-corrected chi connectivity index (χ2v) is 3.85. The molecule has 3 N–H and O–H groups in total. The SMILES string of the molecule is COc1ccc(NC2CCO[CH]C2N)cc1. The first-order chi connectivity index (χ1) is 7.79. The first-order valence-corrected chi connectivity index (χ1v) is 5.41. The minimum atomic E-state index is -0.0594. The maximum absolute atomic E-state index is 5.92. The number of nitrogens with one attached hydrogen (secondary N) is 1. The van der Waals surface area contributed by atoms with Gasteiger partial charge in [-0.05, 0) is 30.7 Å². The van der Waals surface area contributed by atoms with Gasteiger partial charge in [0.1, 0.15) is 12.4 Å². The zero-order chi connectivity index (χ0) is 11.4. The molecule has 0 amide bonds. The topological polar surface area (TPSA) is 56.5 Å². The average molecular weight is 221 g/mol. The zero-order valence-electron chi connectivity index (χ0n) is 9.35. The Labute approximate surface area is 95.7 Å². The van der Waals surface area contributed by atoms with E-state index >= 15 is 0 Å². The van der Waals surface area contributed by atoms with E-state index in [1.54, 1.807) is 13.7 Å². The molecule has 1 fully saturated rings. The molecule has 2 unspecified atom stereocenters. The summed E-state index contributed by atoms with van der Waals surface area (Å²) in [6.45, 7) is 2.42. The molecule has 1 heterocycles. The number of anilines is 1. The Morgan fingerprint density at radius 1 is 1.38 bits per heavy atom. The summed E-state index contributed by atoms with van der Waals surface area (Å²) >= 11 is 0. The Bertz CT molecular complexity index is 326. The van der Waals surface area contributed by atoms with Gasteiger partial charge in [-0.25, -0.2) is 0 Å². The number of ether oxygens (including phenoxy) is 2. The van der Waals surface area contributed by atoms with Crippen molar-refractivity contribution in [2.45, 2.75) is 18.5 Å². The fourth-order valence-corrected chi connectivity index (χ4v) is 1.73. The lowest BCUT2D eigenvalue weighted by atomic mass is 10.0. The number of nitrogens with two attached hydrogens (primary N) is 1. The molecule has 1 aromatic carbocycles. The lowest BCUT2D eigenvalue weighted by Crippen LogP contribution is -2.45. The van der Waals surface area contributed by atoms with Crippen molar-refractivity contribution < 1.29 is 9.47 Å². The Hall–Kier alpha value is -1.26. The summed E-state index contributed by atoms with van der Waals surface area (Å²) in [4.78, 5) is 0. The van der Waals surface area contributed by atoms with E-state index < -0.39 is 0 Å². The van der Waals surface area contributed by atoms with E-state index in [0.717, 1.165) is 24.5 Å². The summed E-state index contributed by atoms with van der Waals surface area (Å²) in [5, 5.41) is 3.39. The van der Waals surface area contributed by atoms with Gasteiger partial charge in [0.2, 0.25) is 0 Å². The molecule has 0 spiro atoms. The summed E-state index contributed by atoms with van der Waals surface area (Å²) in [7, 11) is 1.66. The molecule has 1 aliphatic heterocycles. The summed E-state index contributed by atoms with van der Waals surface area (Å²) in [6.07, 6.45) is 0.920. The first-order valence-electron chi connectivity index (χ1n) is 5.41. The predicted molar refractivity (Wildman–Crippen MR) is 63.2 cm³/mol. The van der Waals surface area contributed by atoms with Crippen LogP contribution >= 0.6 is 0 Å². The van der Waals surface area contributed by atoms with E-state index in [0.29, 0.717) is 0 Å². The predicted octanol–water partition coefficient (Wildman–Crippen LogP) is 1.39. The van der Waals surface area contributed by atoms with Crippen LogP contribution in [0.4, 0.5) is 5.69 Å². The third-order valence-electron chi connectivity index (χ3n) is 2.71. The van der Waals surface area contributed by atoms with Gasteiger partial charge in [-0.15, -0.1) is 0 Å². The van der Waals surface area contributed by atoms with Gasteiger partial charge in [-0.1, -0.05) is 0 Å². The zero-order valence-corrected chi connectivity index (χ0v) is 9.35. The van der Waals surface area contributed by atoms with E-state index in [2.05, 4.69) is 5.32 Å². The molecule has 0 aliphatic carbocycles. The van der Waals surface area contributed by atoms with Gasteiger partial charge < -0.3 is 20.5 Å². The molecule has 1 aliphatic rings. The Morgan fingerprint density at radius 2 is 2.12 bits per heavy atom. The molecular formula is C12H17N2O2. The van der Waals surface area contributed by atoms with Gasteiger partial charge in [0.15, 0.2) is 0 Å². The van der Waals surface area contributed by atoms with Gasteiger partial charge in [0.25, 0.3) is 0 Å². The molecule has 0 bridgehead atoms. The van der Waals surface area contributed by atoms with E-state index in [-0.39, 0.29) is 12.1 Å². The van der Waals surface area contributed by atoms with Gasteiger partial charge in [0, 0.05) is 18.3 Å². The van der Waals surface area contributed by atoms with Crippen molar-refractivity contribution >= 4 is 5.69 Å². The highest BCUT2D eigenvalue weighted by atomic mass is 16.5. The smallest absolute Gasteiger partial charge is 0.119 e. The van der Waals surface area contributed by atoms with Crippen LogP contribution in [0.15, 0.2) is 24.3 Å². The van der Waals surface area contributed by atoms with Crippen molar-refractivity contribution in [1.82, 2.24) is 0 Å². The van der Waals surface area contributed by atoms with Crippen molar-refractivity contribution in [2.75, 3.05) is 19.0 Å². The van der Waals surface area contributed by atoms with Crippen LogP contribution in [0.25, 0.3) is 0 Å². The van der Waals surface area contributed by atoms with Crippen LogP contribution in [0.3, 0.4) is 0 Å². The van der Waals surface area contributed by atoms with Crippen molar-refractivity contribution in [3.63, 3.8) is 0 Å².